The van der Waals surface area contributed by atoms with E-state index in [0.717, 1.165) is 61.0 Å². The van der Waals surface area contributed by atoms with E-state index >= 15 is 0 Å². The Kier molecular flexibility index (Phi) is 7.13. The Hall–Kier alpha value is -3.52. The Bertz CT molecular complexity index is 1200. The summed E-state index contributed by atoms with van der Waals surface area (Å²) >= 11 is 0. The van der Waals surface area contributed by atoms with E-state index in [9.17, 15) is 9.59 Å². The summed E-state index contributed by atoms with van der Waals surface area (Å²) in [4.78, 5) is 33.9. The van der Waals surface area contributed by atoms with Crippen molar-refractivity contribution in [2.45, 2.75) is 57.6 Å². The van der Waals surface area contributed by atoms with Crippen molar-refractivity contribution in [1.82, 2.24) is 15.3 Å². The van der Waals surface area contributed by atoms with Crippen molar-refractivity contribution in [3.63, 3.8) is 0 Å². The average molecular weight is 488 g/mol. The second kappa shape index (κ2) is 10.6. The molecule has 0 radical (unpaired) electrons. The van der Waals surface area contributed by atoms with E-state index in [1.54, 1.807) is 19.5 Å². The minimum atomic E-state index is -0.0850. The van der Waals surface area contributed by atoms with E-state index in [1.807, 2.05) is 37.3 Å². The molecule has 3 heterocycles. The summed E-state index contributed by atoms with van der Waals surface area (Å²) in [5.74, 6) is 0.780. The molecule has 2 fully saturated rings. The van der Waals surface area contributed by atoms with Crippen LogP contribution in [-0.4, -0.2) is 35.0 Å². The third-order valence-corrected chi connectivity index (χ3v) is 7.24. The fourth-order valence-corrected chi connectivity index (χ4v) is 4.85. The zero-order valence-corrected chi connectivity index (χ0v) is 20.8. The van der Waals surface area contributed by atoms with Crippen LogP contribution in [0.2, 0.25) is 0 Å². The SMILES string of the molecule is COC1CCC(C(=O)Nc2cnc(C)c(C3=CC=CC(c4ccnc(NC(=O)C5CC5)c4)N3)c2)CC1. The molecule has 3 aliphatic rings. The number of ether oxygens (including phenoxy) is 1. The molecule has 2 aromatic rings. The smallest absolute Gasteiger partial charge is 0.228 e. The fraction of sp³-hybridized carbons (Fsp3) is 0.429. The lowest BCUT2D eigenvalue weighted by molar-refractivity contribution is -0.121. The number of aryl methyl sites for hydroxylation is 1. The summed E-state index contributed by atoms with van der Waals surface area (Å²) in [6.45, 7) is 1.96. The number of carbonyl (C=O) groups is 2. The molecular weight excluding hydrogens is 454 g/mol. The lowest BCUT2D eigenvalue weighted by Gasteiger charge is -2.27. The molecule has 2 amide bonds. The predicted octanol–water partition coefficient (Wildman–Crippen LogP) is 4.52. The molecule has 188 valence electrons. The van der Waals surface area contributed by atoms with Crippen molar-refractivity contribution < 1.29 is 14.3 Å². The number of carbonyl (C=O) groups excluding carboxylic acids is 2. The molecular formula is C28H33N5O3. The molecule has 8 nitrogen and oxygen atoms in total. The van der Waals surface area contributed by atoms with Gasteiger partial charge in [-0.2, -0.15) is 0 Å². The standard InChI is InChI=1S/C28H33N5O3/c1-17-23(15-21(16-30-17)31-27(34)19-8-10-22(36-2)11-9-19)25-5-3-4-24(32-25)20-12-13-29-26(14-20)33-28(35)18-6-7-18/h3-5,12-16,18-19,22,24,32H,6-11H2,1-2H3,(H,31,34)(H,29,33,35). The Morgan fingerprint density at radius 1 is 1.00 bits per heavy atom. The molecule has 2 saturated carbocycles. The number of aromatic nitrogens is 2. The van der Waals surface area contributed by atoms with E-state index in [-0.39, 0.29) is 35.8 Å². The minimum absolute atomic E-state index is 0.00165. The maximum absolute atomic E-state index is 12.9. The zero-order chi connectivity index (χ0) is 25.1. The van der Waals surface area contributed by atoms with Crippen molar-refractivity contribution in [2.75, 3.05) is 17.7 Å². The van der Waals surface area contributed by atoms with Crippen molar-refractivity contribution >= 4 is 29.0 Å². The Labute approximate surface area is 211 Å². The molecule has 8 heteroatoms. The van der Waals surface area contributed by atoms with E-state index in [1.165, 1.54) is 0 Å². The topological polar surface area (TPSA) is 105 Å². The molecule has 3 N–H and O–H groups in total. The lowest BCUT2D eigenvalue weighted by atomic mass is 9.87. The summed E-state index contributed by atoms with van der Waals surface area (Å²) in [6.07, 6.45) is 15.2. The molecule has 0 spiro atoms. The molecule has 2 aliphatic carbocycles. The van der Waals surface area contributed by atoms with Gasteiger partial charge in [0.2, 0.25) is 11.8 Å². The molecule has 0 bridgehead atoms. The van der Waals surface area contributed by atoms with Crippen molar-refractivity contribution in [3.05, 3.63) is 65.6 Å². The second-order valence-electron chi connectivity index (χ2n) is 9.88. The van der Waals surface area contributed by atoms with Crippen LogP contribution in [0.1, 0.15) is 61.4 Å². The molecule has 1 atom stereocenters. The quantitative estimate of drug-likeness (QED) is 0.530. The number of pyridine rings is 2. The highest BCUT2D eigenvalue weighted by molar-refractivity contribution is 5.93. The van der Waals surface area contributed by atoms with E-state index < -0.39 is 0 Å². The molecule has 1 unspecified atom stereocenters. The Morgan fingerprint density at radius 2 is 1.72 bits per heavy atom. The van der Waals surface area contributed by atoms with Crippen molar-refractivity contribution in [1.29, 1.82) is 0 Å². The van der Waals surface area contributed by atoms with Gasteiger partial charge in [-0.1, -0.05) is 12.2 Å². The van der Waals surface area contributed by atoms with Gasteiger partial charge in [0.1, 0.15) is 5.82 Å². The van der Waals surface area contributed by atoms with Crippen molar-refractivity contribution in [2.24, 2.45) is 11.8 Å². The largest absolute Gasteiger partial charge is 0.381 e. The van der Waals surface area contributed by atoms with Crippen LogP contribution in [0.4, 0.5) is 11.5 Å². The number of rotatable bonds is 7. The number of hydrogen-bond donors (Lipinski definition) is 3. The Balaban J connectivity index is 1.26. The number of hydrogen-bond acceptors (Lipinski definition) is 6. The summed E-state index contributed by atoms with van der Waals surface area (Å²) < 4.78 is 5.43. The summed E-state index contributed by atoms with van der Waals surface area (Å²) in [5.41, 5.74) is 4.41. The highest BCUT2D eigenvalue weighted by atomic mass is 16.5. The number of allylic oxidation sites excluding steroid dienone is 2. The van der Waals surface area contributed by atoms with Gasteiger partial charge in [0, 0.05) is 42.1 Å². The first-order valence-corrected chi connectivity index (χ1v) is 12.7. The number of amides is 2. The number of nitrogens with one attached hydrogen (secondary N) is 3. The maximum atomic E-state index is 12.9. The van der Waals surface area contributed by atoms with Gasteiger partial charge in [-0.3, -0.25) is 14.6 Å². The first-order chi connectivity index (χ1) is 17.5. The van der Waals surface area contributed by atoms with Crippen LogP contribution in [0, 0.1) is 18.8 Å². The van der Waals surface area contributed by atoms with Gasteiger partial charge in [-0.05, 0) is 75.3 Å². The fourth-order valence-electron chi connectivity index (χ4n) is 4.85. The minimum Gasteiger partial charge on any atom is -0.381 e. The molecule has 0 saturated heterocycles. The van der Waals surface area contributed by atoms with Crippen LogP contribution >= 0.6 is 0 Å². The van der Waals surface area contributed by atoms with Crippen LogP contribution in [-0.2, 0) is 14.3 Å². The molecule has 2 aromatic heterocycles. The summed E-state index contributed by atoms with van der Waals surface area (Å²) in [5, 5.41) is 9.56. The van der Waals surface area contributed by atoms with E-state index in [2.05, 4.69) is 32.0 Å². The molecule has 0 aromatic carbocycles. The summed E-state index contributed by atoms with van der Waals surface area (Å²) in [7, 11) is 1.73. The second-order valence-corrected chi connectivity index (χ2v) is 9.88. The molecule has 5 rings (SSSR count). The Morgan fingerprint density at radius 3 is 2.44 bits per heavy atom. The van der Waals surface area contributed by atoms with E-state index in [0.29, 0.717) is 11.5 Å². The van der Waals surface area contributed by atoms with Gasteiger partial charge in [0.05, 0.1) is 24.0 Å². The lowest BCUT2D eigenvalue weighted by Crippen LogP contribution is -2.29. The van der Waals surface area contributed by atoms with Crippen LogP contribution in [0.25, 0.3) is 5.70 Å². The maximum Gasteiger partial charge on any atom is 0.228 e. The number of dihydropyridines is 1. The van der Waals surface area contributed by atoms with Gasteiger partial charge in [-0.25, -0.2) is 4.98 Å². The summed E-state index contributed by atoms with van der Waals surface area (Å²) in [6, 6.07) is 5.74. The highest BCUT2D eigenvalue weighted by Crippen LogP contribution is 2.31. The van der Waals surface area contributed by atoms with Crippen LogP contribution in [0.3, 0.4) is 0 Å². The molecule has 36 heavy (non-hydrogen) atoms. The first kappa shape index (κ1) is 24.2. The van der Waals surface area contributed by atoms with Gasteiger partial charge in [0.15, 0.2) is 0 Å². The third kappa shape index (κ3) is 5.65. The number of anilines is 2. The monoisotopic (exact) mass is 487 g/mol. The first-order valence-electron chi connectivity index (χ1n) is 12.7. The van der Waals surface area contributed by atoms with Gasteiger partial charge in [0.25, 0.3) is 0 Å². The predicted molar refractivity (Wildman–Crippen MR) is 139 cm³/mol. The van der Waals surface area contributed by atoms with Gasteiger partial charge < -0.3 is 20.7 Å². The van der Waals surface area contributed by atoms with Gasteiger partial charge >= 0.3 is 0 Å². The van der Waals surface area contributed by atoms with Crippen molar-refractivity contribution in [3.8, 4) is 0 Å². The highest BCUT2D eigenvalue weighted by Gasteiger charge is 2.30. The average Bonchev–Trinajstić information content (AvgIpc) is 3.76. The number of nitrogens with zero attached hydrogens (tertiary/aromatic N) is 2. The van der Waals surface area contributed by atoms with Crippen LogP contribution in [0.15, 0.2) is 48.8 Å². The van der Waals surface area contributed by atoms with Gasteiger partial charge in [-0.15, -0.1) is 0 Å². The van der Waals surface area contributed by atoms with E-state index in [4.69, 9.17) is 4.74 Å². The third-order valence-electron chi connectivity index (χ3n) is 7.24. The number of methoxy groups -OCH3 is 1. The zero-order valence-electron chi connectivity index (χ0n) is 20.8. The van der Waals surface area contributed by atoms with Crippen LogP contribution < -0.4 is 16.0 Å². The van der Waals surface area contributed by atoms with Crippen LogP contribution in [0.5, 0.6) is 0 Å². The molecule has 1 aliphatic heterocycles. The normalized spacial score (nSPS) is 23.4.